The lowest BCUT2D eigenvalue weighted by molar-refractivity contribution is 0.0747. The van der Waals surface area contributed by atoms with Crippen LogP contribution in [0.25, 0.3) is 0 Å². The summed E-state index contributed by atoms with van der Waals surface area (Å²) in [4.78, 5) is 28.0. The Morgan fingerprint density at radius 3 is 2.07 bits per heavy atom. The average Bonchev–Trinajstić information content (AvgIpc) is 2.74. The Morgan fingerprint density at radius 2 is 1.46 bits per heavy atom. The van der Waals surface area contributed by atoms with Gasteiger partial charge in [-0.05, 0) is 12.1 Å². The predicted molar refractivity (Wildman–Crippen MR) is 116 cm³/mol. The van der Waals surface area contributed by atoms with Gasteiger partial charge in [-0.15, -0.1) is 0 Å². The summed E-state index contributed by atoms with van der Waals surface area (Å²) in [5.74, 6) is 4.03. The molecule has 2 aromatic rings. The highest BCUT2D eigenvalue weighted by atomic mass is 35.5. The number of aromatic nitrogens is 2. The molecule has 4 rings (SSSR count). The second-order valence-corrected chi connectivity index (χ2v) is 8.75. The van der Waals surface area contributed by atoms with Gasteiger partial charge in [-0.25, -0.2) is 9.97 Å². The molecule has 0 unspecified atom stereocenters. The molecule has 1 amide bonds. The largest absolute Gasteiger partial charge is 0.355 e. The Bertz CT molecular complexity index is 834. The van der Waals surface area contributed by atoms with Crippen LogP contribution in [0.3, 0.4) is 0 Å². The summed E-state index contributed by atoms with van der Waals surface area (Å²) in [5, 5.41) is 0.778. The molecule has 6 nitrogen and oxygen atoms in total. The molecule has 2 saturated heterocycles. The summed E-state index contributed by atoms with van der Waals surface area (Å²) >= 11 is 14.4. The van der Waals surface area contributed by atoms with Crippen molar-refractivity contribution in [3.8, 4) is 0 Å². The first-order chi connectivity index (χ1) is 13.6. The number of hydrogen-bond acceptors (Lipinski definition) is 6. The summed E-state index contributed by atoms with van der Waals surface area (Å²) in [7, 11) is 0. The lowest BCUT2D eigenvalue weighted by Crippen LogP contribution is -2.49. The van der Waals surface area contributed by atoms with Gasteiger partial charge in [0.25, 0.3) is 5.91 Å². The zero-order chi connectivity index (χ0) is 19.5. The second-order valence-electron chi connectivity index (χ2n) is 6.71. The van der Waals surface area contributed by atoms with Crippen LogP contribution in [0.2, 0.25) is 10.0 Å². The van der Waals surface area contributed by atoms with E-state index in [2.05, 4.69) is 25.8 Å². The van der Waals surface area contributed by atoms with Gasteiger partial charge < -0.3 is 14.7 Å². The molecule has 9 heteroatoms. The van der Waals surface area contributed by atoms with Gasteiger partial charge >= 0.3 is 0 Å². The highest BCUT2D eigenvalue weighted by molar-refractivity contribution is 7.99. The third kappa shape index (κ3) is 4.16. The molecule has 0 spiro atoms. The molecule has 0 atom stereocenters. The van der Waals surface area contributed by atoms with Crippen LogP contribution in [0, 0.1) is 0 Å². The Morgan fingerprint density at radius 1 is 0.893 bits per heavy atom. The number of amides is 1. The van der Waals surface area contributed by atoms with E-state index in [-0.39, 0.29) is 5.91 Å². The highest BCUT2D eigenvalue weighted by Gasteiger charge is 2.26. The van der Waals surface area contributed by atoms with E-state index in [1.807, 2.05) is 11.8 Å². The van der Waals surface area contributed by atoms with Gasteiger partial charge in [-0.3, -0.25) is 4.79 Å². The van der Waals surface area contributed by atoms with Gasteiger partial charge in [0.05, 0.1) is 15.6 Å². The molecular weight excluding hydrogens is 417 g/mol. The smallest absolute Gasteiger partial charge is 0.257 e. The van der Waals surface area contributed by atoms with E-state index in [0.717, 1.165) is 36.2 Å². The highest BCUT2D eigenvalue weighted by Crippen LogP contribution is 2.27. The van der Waals surface area contributed by atoms with Gasteiger partial charge in [-0.1, -0.05) is 29.3 Å². The number of hydrogen-bond donors (Lipinski definition) is 0. The number of thioether (sulfide) groups is 1. The molecule has 2 fully saturated rings. The van der Waals surface area contributed by atoms with Gasteiger partial charge in [0.2, 0.25) is 0 Å². The fourth-order valence-electron chi connectivity index (χ4n) is 3.47. The van der Waals surface area contributed by atoms with Crippen molar-refractivity contribution >= 4 is 52.5 Å². The number of nitrogens with zero attached hydrogens (tertiary/aromatic N) is 5. The molecule has 0 aliphatic carbocycles. The molecule has 148 valence electrons. The fourth-order valence-corrected chi connectivity index (χ4v) is 4.94. The van der Waals surface area contributed by atoms with Crippen LogP contribution in [0.15, 0.2) is 30.6 Å². The third-order valence-electron chi connectivity index (χ3n) is 5.04. The summed E-state index contributed by atoms with van der Waals surface area (Å²) in [6.07, 6.45) is 1.63. The standard InChI is InChI=1S/C19H21Cl2N5OS/c20-14-2-1-3-15(21)18(14)19(27)26-6-4-24(5-7-26)16-12-17(23-13-22-16)25-8-10-28-11-9-25/h1-3,12-13H,4-11H2. The maximum absolute atomic E-state index is 12.8. The van der Waals surface area contributed by atoms with Crippen molar-refractivity contribution in [1.29, 1.82) is 0 Å². The maximum Gasteiger partial charge on any atom is 0.257 e. The molecule has 28 heavy (non-hydrogen) atoms. The Kier molecular flexibility index (Phi) is 6.13. The number of halogens is 2. The Labute approximate surface area is 178 Å². The fraction of sp³-hybridized carbons (Fsp3) is 0.421. The molecule has 0 saturated carbocycles. The summed E-state index contributed by atoms with van der Waals surface area (Å²) in [6.45, 7) is 4.64. The van der Waals surface area contributed by atoms with Gasteiger partial charge in [-0.2, -0.15) is 11.8 Å². The van der Waals surface area contributed by atoms with Crippen LogP contribution < -0.4 is 9.80 Å². The molecule has 0 radical (unpaired) electrons. The predicted octanol–water partition coefficient (Wildman–Crippen LogP) is 3.30. The van der Waals surface area contributed by atoms with E-state index < -0.39 is 0 Å². The number of carbonyl (C=O) groups is 1. The van der Waals surface area contributed by atoms with Crippen LogP contribution in [-0.4, -0.2) is 71.5 Å². The van der Waals surface area contributed by atoms with Crippen molar-refractivity contribution in [1.82, 2.24) is 14.9 Å². The van der Waals surface area contributed by atoms with Gasteiger partial charge in [0.1, 0.15) is 18.0 Å². The van der Waals surface area contributed by atoms with Crippen LogP contribution in [0.4, 0.5) is 11.6 Å². The summed E-state index contributed by atoms with van der Waals surface area (Å²) in [6, 6.07) is 7.18. The molecule has 1 aromatic carbocycles. The van der Waals surface area contributed by atoms with E-state index >= 15 is 0 Å². The van der Waals surface area contributed by atoms with E-state index in [4.69, 9.17) is 23.2 Å². The first-order valence-corrected chi connectivity index (χ1v) is 11.2. The van der Waals surface area contributed by atoms with Crippen LogP contribution in [-0.2, 0) is 0 Å². The lowest BCUT2D eigenvalue weighted by atomic mass is 10.1. The zero-order valence-corrected chi connectivity index (χ0v) is 17.7. The Balaban J connectivity index is 1.42. The van der Waals surface area contributed by atoms with Crippen molar-refractivity contribution in [2.24, 2.45) is 0 Å². The number of carbonyl (C=O) groups excluding carboxylic acids is 1. The Hall–Kier alpha value is -1.70. The molecule has 1 aromatic heterocycles. The van der Waals surface area contributed by atoms with Crippen molar-refractivity contribution in [2.75, 3.05) is 60.6 Å². The van der Waals surface area contributed by atoms with E-state index in [1.54, 1.807) is 29.4 Å². The average molecular weight is 438 g/mol. The number of anilines is 2. The monoisotopic (exact) mass is 437 g/mol. The van der Waals surface area contributed by atoms with Crippen molar-refractivity contribution in [2.45, 2.75) is 0 Å². The maximum atomic E-state index is 12.8. The molecule has 2 aliphatic heterocycles. The molecular formula is C19H21Cl2N5OS. The number of benzene rings is 1. The van der Waals surface area contributed by atoms with Crippen molar-refractivity contribution < 1.29 is 4.79 Å². The normalized spacial score (nSPS) is 17.7. The molecule has 0 bridgehead atoms. The van der Waals surface area contributed by atoms with E-state index in [0.29, 0.717) is 41.8 Å². The van der Waals surface area contributed by atoms with Crippen molar-refractivity contribution in [3.05, 3.63) is 46.2 Å². The third-order valence-corrected chi connectivity index (χ3v) is 6.61. The number of rotatable bonds is 3. The minimum absolute atomic E-state index is 0.121. The lowest BCUT2D eigenvalue weighted by Gasteiger charge is -2.36. The topological polar surface area (TPSA) is 52.6 Å². The first-order valence-electron chi connectivity index (χ1n) is 9.26. The van der Waals surface area contributed by atoms with Gasteiger partial charge in [0.15, 0.2) is 0 Å². The second kappa shape index (κ2) is 8.76. The molecule has 0 N–H and O–H groups in total. The van der Waals surface area contributed by atoms with Crippen LogP contribution in [0.5, 0.6) is 0 Å². The SMILES string of the molecule is O=C(c1c(Cl)cccc1Cl)N1CCN(c2cc(N3CCSCC3)ncn2)CC1. The minimum Gasteiger partial charge on any atom is -0.355 e. The quantitative estimate of drug-likeness (QED) is 0.733. The summed E-state index contributed by atoms with van der Waals surface area (Å²) in [5.41, 5.74) is 0.381. The minimum atomic E-state index is -0.121. The number of piperazine rings is 1. The van der Waals surface area contributed by atoms with Crippen LogP contribution >= 0.6 is 35.0 Å². The zero-order valence-electron chi connectivity index (χ0n) is 15.4. The molecule has 2 aliphatic rings. The van der Waals surface area contributed by atoms with Crippen molar-refractivity contribution in [3.63, 3.8) is 0 Å². The van der Waals surface area contributed by atoms with E-state index in [9.17, 15) is 4.79 Å². The summed E-state index contributed by atoms with van der Waals surface area (Å²) < 4.78 is 0. The van der Waals surface area contributed by atoms with Crippen LogP contribution in [0.1, 0.15) is 10.4 Å². The first kappa shape index (κ1) is 19.6. The van der Waals surface area contributed by atoms with Gasteiger partial charge in [0, 0.05) is 56.8 Å². The van der Waals surface area contributed by atoms with E-state index in [1.165, 1.54) is 0 Å². The molecule has 3 heterocycles.